The van der Waals surface area contributed by atoms with Gasteiger partial charge in [0, 0.05) is 55.9 Å². The molecule has 1 aliphatic heterocycles. The predicted molar refractivity (Wildman–Crippen MR) is 98.8 cm³/mol. The van der Waals surface area contributed by atoms with Crippen molar-refractivity contribution >= 4 is 41.7 Å². The van der Waals surface area contributed by atoms with Crippen LogP contribution in [0.5, 0.6) is 0 Å². The highest BCUT2D eigenvalue weighted by atomic mass is 35.5. The highest BCUT2D eigenvalue weighted by Crippen LogP contribution is 2.19. The van der Waals surface area contributed by atoms with Gasteiger partial charge in [0.05, 0.1) is 0 Å². The third-order valence-electron chi connectivity index (χ3n) is 3.60. The van der Waals surface area contributed by atoms with Crippen LogP contribution in [-0.4, -0.2) is 54.9 Å². The second-order valence-electron chi connectivity index (χ2n) is 5.71. The van der Waals surface area contributed by atoms with E-state index in [0.29, 0.717) is 17.7 Å². The van der Waals surface area contributed by atoms with Crippen molar-refractivity contribution in [2.75, 3.05) is 37.5 Å². The van der Waals surface area contributed by atoms with Gasteiger partial charge in [-0.3, -0.25) is 9.59 Å². The predicted octanol–water partition coefficient (Wildman–Crippen LogP) is 2.15. The summed E-state index contributed by atoms with van der Waals surface area (Å²) in [6, 6.07) is 5.62. The average Bonchev–Trinajstić information content (AvgIpc) is 2.49. The smallest absolute Gasteiger partial charge is 0.253 e. The molecule has 1 aromatic carbocycles. The molecule has 1 atom stereocenters. The number of nitrogens with one attached hydrogen (secondary N) is 2. The minimum atomic E-state index is -0.0687. The van der Waals surface area contributed by atoms with E-state index in [-0.39, 0.29) is 30.3 Å². The summed E-state index contributed by atoms with van der Waals surface area (Å²) in [5.74, 6) is 1.98. The molecule has 0 saturated carbocycles. The highest BCUT2D eigenvalue weighted by molar-refractivity contribution is 7.99. The number of thioether (sulfide) groups is 1. The maximum atomic E-state index is 12.2. The van der Waals surface area contributed by atoms with Crippen LogP contribution in [0.3, 0.4) is 0 Å². The molecule has 7 heteroatoms. The van der Waals surface area contributed by atoms with Gasteiger partial charge in [-0.2, -0.15) is 11.8 Å². The largest absolute Gasteiger partial charge is 0.345 e. The van der Waals surface area contributed by atoms with E-state index in [0.717, 1.165) is 23.6 Å². The van der Waals surface area contributed by atoms with Gasteiger partial charge in [0.25, 0.3) is 5.91 Å². The standard InChI is InChI=1S/C16H23N3O2S.ClH/c1-11-4-5-12(16(21)19(2)3)8-14(11)18-15(20)9-13-10-22-7-6-17-13;/h4-5,8,13,17H,6-7,9-10H2,1-3H3,(H,18,20);1H. The molecule has 1 unspecified atom stereocenters. The number of hydrogen-bond donors (Lipinski definition) is 2. The third kappa shape index (κ3) is 5.71. The summed E-state index contributed by atoms with van der Waals surface area (Å²) in [5, 5.41) is 6.29. The molecule has 0 aromatic heterocycles. The van der Waals surface area contributed by atoms with Gasteiger partial charge in [-0.1, -0.05) is 6.07 Å². The van der Waals surface area contributed by atoms with E-state index in [1.165, 1.54) is 4.90 Å². The first kappa shape index (κ1) is 19.8. The van der Waals surface area contributed by atoms with E-state index in [1.807, 2.05) is 24.8 Å². The molecule has 0 aliphatic carbocycles. The van der Waals surface area contributed by atoms with Crippen molar-refractivity contribution in [3.63, 3.8) is 0 Å². The van der Waals surface area contributed by atoms with Crippen LogP contribution in [0, 0.1) is 6.92 Å². The molecule has 2 N–H and O–H groups in total. The second kappa shape index (κ2) is 9.15. The number of benzene rings is 1. The summed E-state index contributed by atoms with van der Waals surface area (Å²) >= 11 is 1.87. The number of hydrogen-bond acceptors (Lipinski definition) is 4. The van der Waals surface area contributed by atoms with Crippen molar-refractivity contribution in [2.24, 2.45) is 0 Å². The zero-order valence-corrected chi connectivity index (χ0v) is 15.4. The monoisotopic (exact) mass is 357 g/mol. The Bertz CT molecular complexity index is 560. The fourth-order valence-electron chi connectivity index (χ4n) is 2.32. The van der Waals surface area contributed by atoms with Crippen molar-refractivity contribution in [1.82, 2.24) is 10.2 Å². The van der Waals surface area contributed by atoms with E-state index in [4.69, 9.17) is 0 Å². The van der Waals surface area contributed by atoms with Gasteiger partial charge < -0.3 is 15.5 Å². The highest BCUT2D eigenvalue weighted by Gasteiger charge is 2.17. The van der Waals surface area contributed by atoms with Crippen LogP contribution in [0.1, 0.15) is 22.3 Å². The van der Waals surface area contributed by atoms with Crippen molar-refractivity contribution in [3.05, 3.63) is 29.3 Å². The summed E-state index contributed by atoms with van der Waals surface area (Å²) in [6.45, 7) is 2.88. The first-order valence-electron chi connectivity index (χ1n) is 7.40. The molecule has 1 fully saturated rings. The van der Waals surface area contributed by atoms with E-state index in [9.17, 15) is 9.59 Å². The van der Waals surface area contributed by atoms with Crippen LogP contribution in [0.4, 0.5) is 5.69 Å². The zero-order valence-electron chi connectivity index (χ0n) is 13.7. The lowest BCUT2D eigenvalue weighted by Crippen LogP contribution is -2.40. The van der Waals surface area contributed by atoms with Crippen LogP contribution >= 0.6 is 24.2 Å². The molecule has 128 valence electrons. The van der Waals surface area contributed by atoms with Crippen LogP contribution in [0.2, 0.25) is 0 Å². The van der Waals surface area contributed by atoms with Gasteiger partial charge in [0.2, 0.25) is 5.91 Å². The Balaban J connectivity index is 0.00000264. The van der Waals surface area contributed by atoms with E-state index in [1.54, 1.807) is 26.2 Å². The van der Waals surface area contributed by atoms with Crippen molar-refractivity contribution < 1.29 is 9.59 Å². The van der Waals surface area contributed by atoms with Crippen LogP contribution in [0.25, 0.3) is 0 Å². The Hall–Kier alpha value is -1.24. The molecule has 0 radical (unpaired) electrons. The summed E-state index contributed by atoms with van der Waals surface area (Å²) in [5.41, 5.74) is 2.24. The number of rotatable bonds is 4. The Morgan fingerprint density at radius 2 is 2.13 bits per heavy atom. The lowest BCUT2D eigenvalue weighted by molar-refractivity contribution is -0.116. The van der Waals surface area contributed by atoms with Crippen LogP contribution < -0.4 is 10.6 Å². The Morgan fingerprint density at radius 3 is 2.74 bits per heavy atom. The maximum absolute atomic E-state index is 12.2. The molecule has 0 bridgehead atoms. The summed E-state index contributed by atoms with van der Waals surface area (Å²) in [7, 11) is 3.43. The van der Waals surface area contributed by atoms with Crippen molar-refractivity contribution in [2.45, 2.75) is 19.4 Å². The van der Waals surface area contributed by atoms with E-state index < -0.39 is 0 Å². The third-order valence-corrected chi connectivity index (χ3v) is 4.73. The van der Waals surface area contributed by atoms with Crippen LogP contribution in [-0.2, 0) is 4.79 Å². The molecule has 0 spiro atoms. The molecule has 2 rings (SSSR count). The molecule has 1 heterocycles. The minimum absolute atomic E-state index is 0. The topological polar surface area (TPSA) is 61.4 Å². The minimum Gasteiger partial charge on any atom is -0.345 e. The van der Waals surface area contributed by atoms with Gasteiger partial charge in [-0.25, -0.2) is 0 Å². The van der Waals surface area contributed by atoms with Crippen LogP contribution in [0.15, 0.2) is 18.2 Å². The zero-order chi connectivity index (χ0) is 16.1. The molecular weight excluding hydrogens is 334 g/mol. The van der Waals surface area contributed by atoms with Crippen molar-refractivity contribution in [3.8, 4) is 0 Å². The SMILES string of the molecule is Cc1ccc(C(=O)N(C)C)cc1NC(=O)CC1CSCCN1.Cl. The number of amides is 2. The number of nitrogens with zero attached hydrogens (tertiary/aromatic N) is 1. The number of aryl methyl sites for hydroxylation is 1. The molecule has 1 aliphatic rings. The first-order valence-corrected chi connectivity index (χ1v) is 8.56. The Labute approximate surface area is 148 Å². The second-order valence-corrected chi connectivity index (χ2v) is 6.86. The van der Waals surface area contributed by atoms with E-state index >= 15 is 0 Å². The molecular formula is C16H24ClN3O2S. The lowest BCUT2D eigenvalue weighted by atomic mass is 10.1. The quantitative estimate of drug-likeness (QED) is 0.866. The Morgan fingerprint density at radius 1 is 1.39 bits per heavy atom. The fourth-order valence-corrected chi connectivity index (χ4v) is 3.27. The number of anilines is 1. The summed E-state index contributed by atoms with van der Waals surface area (Å²) in [6.07, 6.45) is 0.457. The summed E-state index contributed by atoms with van der Waals surface area (Å²) in [4.78, 5) is 25.7. The van der Waals surface area contributed by atoms with Gasteiger partial charge >= 0.3 is 0 Å². The molecule has 23 heavy (non-hydrogen) atoms. The van der Waals surface area contributed by atoms with Gasteiger partial charge in [0.15, 0.2) is 0 Å². The van der Waals surface area contributed by atoms with Crippen molar-refractivity contribution in [1.29, 1.82) is 0 Å². The van der Waals surface area contributed by atoms with Gasteiger partial charge in [-0.05, 0) is 24.6 Å². The van der Waals surface area contributed by atoms with E-state index in [2.05, 4.69) is 10.6 Å². The fraction of sp³-hybridized carbons (Fsp3) is 0.500. The molecule has 1 saturated heterocycles. The number of halogens is 1. The number of carbonyl (C=O) groups is 2. The lowest BCUT2D eigenvalue weighted by Gasteiger charge is -2.22. The van der Waals surface area contributed by atoms with Gasteiger partial charge in [-0.15, -0.1) is 12.4 Å². The summed E-state index contributed by atoms with van der Waals surface area (Å²) < 4.78 is 0. The maximum Gasteiger partial charge on any atom is 0.253 e. The molecule has 2 amide bonds. The van der Waals surface area contributed by atoms with Gasteiger partial charge in [0.1, 0.15) is 0 Å². The average molecular weight is 358 g/mol. The number of carbonyl (C=O) groups excluding carboxylic acids is 2. The molecule has 1 aromatic rings. The molecule has 5 nitrogen and oxygen atoms in total. The first-order chi connectivity index (χ1) is 10.5. The Kier molecular flexibility index (Phi) is 7.88. The normalized spacial score (nSPS) is 17.1.